The SMILES string of the molecule is CNCc1n[nH]c(C)c1S(=O)(=O)Nc1ncccn1. The zero-order valence-corrected chi connectivity index (χ0v) is 11.3. The van der Waals surface area contributed by atoms with Crippen molar-refractivity contribution in [2.75, 3.05) is 11.8 Å². The predicted molar refractivity (Wildman–Crippen MR) is 68.9 cm³/mol. The lowest BCUT2D eigenvalue weighted by atomic mass is 10.4. The first-order valence-corrected chi connectivity index (χ1v) is 7.01. The first-order chi connectivity index (χ1) is 9.04. The van der Waals surface area contributed by atoms with Crippen molar-refractivity contribution in [1.29, 1.82) is 0 Å². The normalized spacial score (nSPS) is 11.5. The maximum atomic E-state index is 12.3. The van der Waals surface area contributed by atoms with Crippen LogP contribution in [0, 0.1) is 6.92 Å². The highest BCUT2D eigenvalue weighted by atomic mass is 32.2. The van der Waals surface area contributed by atoms with Gasteiger partial charge in [0.1, 0.15) is 4.90 Å². The molecule has 0 radical (unpaired) electrons. The molecule has 0 fully saturated rings. The number of H-pyrrole nitrogens is 1. The second-order valence-electron chi connectivity index (χ2n) is 3.83. The molecule has 3 N–H and O–H groups in total. The number of nitrogens with one attached hydrogen (secondary N) is 3. The smallest absolute Gasteiger partial charge is 0.267 e. The van der Waals surface area contributed by atoms with E-state index in [2.05, 4.69) is 30.2 Å². The Labute approximate surface area is 110 Å². The van der Waals surface area contributed by atoms with E-state index in [1.165, 1.54) is 12.4 Å². The average Bonchev–Trinajstić information content (AvgIpc) is 2.72. The fraction of sp³-hybridized carbons (Fsp3) is 0.300. The van der Waals surface area contributed by atoms with Crippen LogP contribution in [0.3, 0.4) is 0 Å². The summed E-state index contributed by atoms with van der Waals surface area (Å²) in [7, 11) is -2.05. The largest absolute Gasteiger partial charge is 0.314 e. The molecule has 9 heteroatoms. The molecule has 2 heterocycles. The maximum Gasteiger partial charge on any atom is 0.267 e. The van der Waals surface area contributed by atoms with E-state index in [-0.39, 0.29) is 10.8 Å². The van der Waals surface area contributed by atoms with Crippen LogP contribution in [0.2, 0.25) is 0 Å². The number of hydrogen-bond acceptors (Lipinski definition) is 6. The third kappa shape index (κ3) is 2.88. The van der Waals surface area contributed by atoms with E-state index in [1.54, 1.807) is 20.0 Å². The lowest BCUT2D eigenvalue weighted by molar-refractivity contribution is 0.598. The van der Waals surface area contributed by atoms with Gasteiger partial charge in [0.15, 0.2) is 0 Å². The van der Waals surface area contributed by atoms with E-state index in [4.69, 9.17) is 0 Å². The summed E-state index contributed by atoms with van der Waals surface area (Å²) in [6, 6.07) is 1.60. The van der Waals surface area contributed by atoms with Crippen molar-refractivity contribution in [1.82, 2.24) is 25.5 Å². The predicted octanol–water partition coefficient (Wildman–Crippen LogP) is 0.0283. The van der Waals surface area contributed by atoms with Gasteiger partial charge >= 0.3 is 0 Å². The molecule has 2 rings (SSSR count). The summed E-state index contributed by atoms with van der Waals surface area (Å²) in [6.07, 6.45) is 2.92. The molecule has 0 amide bonds. The molecule has 0 spiro atoms. The van der Waals surface area contributed by atoms with Crippen molar-refractivity contribution in [3.05, 3.63) is 29.8 Å². The van der Waals surface area contributed by atoms with Crippen LogP contribution in [0.1, 0.15) is 11.4 Å². The number of sulfonamides is 1. The zero-order valence-electron chi connectivity index (χ0n) is 10.5. The highest BCUT2D eigenvalue weighted by molar-refractivity contribution is 7.92. The number of aromatic amines is 1. The molecule has 0 aromatic carbocycles. The van der Waals surface area contributed by atoms with Crippen LogP contribution < -0.4 is 10.0 Å². The van der Waals surface area contributed by atoms with Crippen molar-refractivity contribution in [2.45, 2.75) is 18.4 Å². The third-order valence-electron chi connectivity index (χ3n) is 2.37. The van der Waals surface area contributed by atoms with E-state index >= 15 is 0 Å². The summed E-state index contributed by atoms with van der Waals surface area (Å²) >= 11 is 0. The number of aromatic nitrogens is 4. The van der Waals surface area contributed by atoms with Crippen LogP contribution in [0.5, 0.6) is 0 Å². The zero-order chi connectivity index (χ0) is 13.9. The highest BCUT2D eigenvalue weighted by Gasteiger charge is 2.24. The monoisotopic (exact) mass is 282 g/mol. The van der Waals surface area contributed by atoms with Crippen molar-refractivity contribution in [3.8, 4) is 0 Å². The van der Waals surface area contributed by atoms with Gasteiger partial charge in [-0.15, -0.1) is 0 Å². The van der Waals surface area contributed by atoms with Crippen molar-refractivity contribution < 1.29 is 8.42 Å². The summed E-state index contributed by atoms with van der Waals surface area (Å²) in [5, 5.41) is 9.50. The molecule has 0 unspecified atom stereocenters. The molecule has 0 saturated carbocycles. The average molecular weight is 282 g/mol. The Bertz CT molecular complexity index is 652. The van der Waals surface area contributed by atoms with Crippen LogP contribution in [0.25, 0.3) is 0 Å². The molecule has 102 valence electrons. The molecule has 0 saturated heterocycles. The van der Waals surface area contributed by atoms with Gasteiger partial charge in [0, 0.05) is 18.9 Å². The van der Waals surface area contributed by atoms with E-state index in [0.29, 0.717) is 17.9 Å². The van der Waals surface area contributed by atoms with Gasteiger partial charge in [0.05, 0.1) is 11.4 Å². The maximum absolute atomic E-state index is 12.3. The van der Waals surface area contributed by atoms with E-state index in [1.807, 2.05) is 0 Å². The molecule has 0 aliphatic carbocycles. The molecule has 0 aliphatic heterocycles. The minimum absolute atomic E-state index is 0.0264. The van der Waals surface area contributed by atoms with Crippen LogP contribution in [-0.2, 0) is 16.6 Å². The third-order valence-corrected chi connectivity index (χ3v) is 3.90. The minimum atomic E-state index is -3.76. The number of aryl methyl sites for hydroxylation is 1. The van der Waals surface area contributed by atoms with Gasteiger partial charge in [-0.2, -0.15) is 5.10 Å². The molecule has 2 aromatic rings. The van der Waals surface area contributed by atoms with Crippen molar-refractivity contribution in [2.24, 2.45) is 0 Å². The van der Waals surface area contributed by atoms with Gasteiger partial charge in [-0.3, -0.25) is 5.10 Å². The molecule has 2 aromatic heterocycles. The lowest BCUT2D eigenvalue weighted by Crippen LogP contribution is -2.18. The first-order valence-electron chi connectivity index (χ1n) is 5.53. The molecule has 19 heavy (non-hydrogen) atoms. The lowest BCUT2D eigenvalue weighted by Gasteiger charge is -2.07. The molecule has 0 bridgehead atoms. The summed E-state index contributed by atoms with van der Waals surface area (Å²) in [6.45, 7) is 1.99. The Balaban J connectivity index is 2.37. The van der Waals surface area contributed by atoms with Gasteiger partial charge in [-0.1, -0.05) is 0 Å². The van der Waals surface area contributed by atoms with Crippen LogP contribution in [0.15, 0.2) is 23.4 Å². The standard InChI is InChI=1S/C10H14N6O2S/c1-7-9(8(6-11-2)15-14-7)19(17,18)16-10-12-4-3-5-13-10/h3-5,11H,6H2,1-2H3,(H,14,15)(H,12,13,16). The second-order valence-corrected chi connectivity index (χ2v) is 5.45. The number of anilines is 1. The fourth-order valence-corrected chi connectivity index (χ4v) is 2.96. The van der Waals surface area contributed by atoms with Crippen molar-refractivity contribution >= 4 is 16.0 Å². The Morgan fingerprint density at radius 3 is 2.63 bits per heavy atom. The van der Waals surface area contributed by atoms with Crippen molar-refractivity contribution in [3.63, 3.8) is 0 Å². The molecule has 8 nitrogen and oxygen atoms in total. The van der Waals surface area contributed by atoms with Crippen LogP contribution >= 0.6 is 0 Å². The van der Waals surface area contributed by atoms with Crippen LogP contribution in [0.4, 0.5) is 5.95 Å². The molecule has 0 aliphatic rings. The molecular weight excluding hydrogens is 268 g/mol. The van der Waals surface area contributed by atoms with Gasteiger partial charge in [0.2, 0.25) is 5.95 Å². The molecular formula is C10H14N6O2S. The van der Waals surface area contributed by atoms with E-state index in [9.17, 15) is 8.42 Å². The summed E-state index contributed by atoms with van der Waals surface area (Å²) in [5.41, 5.74) is 0.886. The summed E-state index contributed by atoms with van der Waals surface area (Å²) < 4.78 is 26.9. The summed E-state index contributed by atoms with van der Waals surface area (Å²) in [5.74, 6) is 0.0264. The Kier molecular flexibility index (Phi) is 3.76. The topological polar surface area (TPSA) is 113 Å². The Hall–Kier alpha value is -2.00. The fourth-order valence-electron chi connectivity index (χ4n) is 1.64. The van der Waals surface area contributed by atoms with E-state index in [0.717, 1.165) is 0 Å². The van der Waals surface area contributed by atoms with Gasteiger partial charge in [-0.05, 0) is 20.0 Å². The van der Waals surface area contributed by atoms with Gasteiger partial charge in [-0.25, -0.2) is 23.1 Å². The Morgan fingerprint density at radius 2 is 2.00 bits per heavy atom. The summed E-state index contributed by atoms with van der Waals surface area (Å²) in [4.78, 5) is 7.78. The second kappa shape index (κ2) is 5.33. The number of rotatable bonds is 5. The number of nitrogens with zero attached hydrogens (tertiary/aromatic N) is 3. The van der Waals surface area contributed by atoms with Gasteiger partial charge in [0.25, 0.3) is 10.0 Å². The van der Waals surface area contributed by atoms with Gasteiger partial charge < -0.3 is 5.32 Å². The minimum Gasteiger partial charge on any atom is -0.314 e. The Morgan fingerprint density at radius 1 is 1.32 bits per heavy atom. The van der Waals surface area contributed by atoms with E-state index < -0.39 is 10.0 Å². The number of hydrogen-bond donors (Lipinski definition) is 3. The highest BCUT2D eigenvalue weighted by Crippen LogP contribution is 2.19. The first kappa shape index (κ1) is 13.4. The molecule has 0 atom stereocenters. The van der Waals surface area contributed by atoms with Crippen LogP contribution in [-0.4, -0.2) is 35.6 Å². The quantitative estimate of drug-likeness (QED) is 0.713.